The van der Waals surface area contributed by atoms with Crippen molar-refractivity contribution in [2.24, 2.45) is 0 Å². The lowest BCUT2D eigenvalue weighted by Gasteiger charge is -2.34. The smallest absolute Gasteiger partial charge is 0.120 e. The fourth-order valence-corrected chi connectivity index (χ4v) is 3.11. The summed E-state index contributed by atoms with van der Waals surface area (Å²) in [5, 5.41) is 31.2. The van der Waals surface area contributed by atoms with Gasteiger partial charge in [0.1, 0.15) is 11.5 Å². The van der Waals surface area contributed by atoms with Crippen LogP contribution in [0.3, 0.4) is 0 Å². The van der Waals surface area contributed by atoms with E-state index >= 15 is 0 Å². The molecule has 3 nitrogen and oxygen atoms in total. The minimum absolute atomic E-state index is 0.0775. The van der Waals surface area contributed by atoms with Crippen molar-refractivity contribution in [2.75, 3.05) is 6.61 Å². The largest absolute Gasteiger partial charge is 0.508 e. The van der Waals surface area contributed by atoms with Crippen molar-refractivity contribution in [1.29, 1.82) is 0 Å². The molecule has 0 aromatic heterocycles. The molecule has 0 saturated carbocycles. The molecule has 0 heterocycles. The average Bonchev–Trinajstić information content (AvgIpc) is 2.60. The lowest BCUT2D eigenvalue weighted by atomic mass is 9.69. The zero-order valence-electron chi connectivity index (χ0n) is 12.6. The van der Waals surface area contributed by atoms with Crippen LogP contribution in [0.2, 0.25) is 0 Å². The molecule has 0 bridgehead atoms. The molecule has 3 N–H and O–H groups in total. The van der Waals surface area contributed by atoms with E-state index in [1.54, 1.807) is 36.4 Å². The number of phenols is 2. The number of hydrogen-bond donors (Lipinski definition) is 3. The minimum atomic E-state index is -1.04. The molecular weight excluding hydrogens is 288 g/mol. The Morgan fingerprint density at radius 2 is 1.04 bits per heavy atom. The van der Waals surface area contributed by atoms with E-state index in [-0.39, 0.29) is 18.1 Å². The molecular formula is C20H18O3. The zero-order chi connectivity index (χ0) is 16.3. The molecule has 0 atom stereocenters. The van der Waals surface area contributed by atoms with Crippen LogP contribution in [0.5, 0.6) is 11.5 Å². The molecule has 0 aliphatic carbocycles. The highest BCUT2D eigenvalue weighted by Crippen LogP contribution is 2.45. The summed E-state index contributed by atoms with van der Waals surface area (Å²) in [6, 6.07) is 23.2. The highest BCUT2D eigenvalue weighted by molar-refractivity contribution is 5.58. The Morgan fingerprint density at radius 1 is 0.609 bits per heavy atom. The van der Waals surface area contributed by atoms with E-state index in [9.17, 15) is 15.3 Å². The topological polar surface area (TPSA) is 60.7 Å². The Hall–Kier alpha value is -2.78. The van der Waals surface area contributed by atoms with Gasteiger partial charge in [-0.25, -0.2) is 0 Å². The summed E-state index contributed by atoms with van der Waals surface area (Å²) in [6.07, 6.45) is 0. The zero-order valence-corrected chi connectivity index (χ0v) is 12.6. The molecule has 3 rings (SSSR count). The van der Waals surface area contributed by atoms with Gasteiger partial charge in [-0.05, 0) is 17.7 Å². The van der Waals surface area contributed by atoms with Crippen molar-refractivity contribution in [1.82, 2.24) is 0 Å². The molecule has 0 aliphatic rings. The summed E-state index contributed by atoms with van der Waals surface area (Å²) >= 11 is 0. The number of hydrogen-bond acceptors (Lipinski definition) is 3. The number of benzene rings is 3. The summed E-state index contributed by atoms with van der Waals surface area (Å²) in [4.78, 5) is 0. The Kier molecular flexibility index (Phi) is 4.04. The molecule has 0 aliphatic heterocycles. The molecule has 23 heavy (non-hydrogen) atoms. The van der Waals surface area contributed by atoms with Gasteiger partial charge in [0.15, 0.2) is 0 Å². The second kappa shape index (κ2) is 6.15. The molecule has 116 valence electrons. The van der Waals surface area contributed by atoms with Crippen LogP contribution in [0.15, 0.2) is 78.9 Å². The Labute approximate surface area is 135 Å². The van der Waals surface area contributed by atoms with Gasteiger partial charge in [0.05, 0.1) is 12.0 Å². The van der Waals surface area contributed by atoms with Gasteiger partial charge in [-0.1, -0.05) is 66.7 Å². The number of aliphatic hydroxyl groups excluding tert-OH is 1. The normalized spacial score (nSPS) is 11.3. The van der Waals surface area contributed by atoms with Gasteiger partial charge in [-0.2, -0.15) is 0 Å². The third-order valence-corrected chi connectivity index (χ3v) is 4.23. The first-order valence-corrected chi connectivity index (χ1v) is 7.43. The first-order valence-electron chi connectivity index (χ1n) is 7.43. The van der Waals surface area contributed by atoms with Gasteiger partial charge < -0.3 is 15.3 Å². The molecule has 0 saturated heterocycles. The lowest BCUT2D eigenvalue weighted by Crippen LogP contribution is -2.33. The van der Waals surface area contributed by atoms with E-state index in [2.05, 4.69) is 0 Å². The summed E-state index contributed by atoms with van der Waals surface area (Å²) in [6.45, 7) is -0.286. The monoisotopic (exact) mass is 306 g/mol. The molecule has 0 amide bonds. The number of para-hydroxylation sites is 2. The number of aliphatic hydroxyl groups is 1. The van der Waals surface area contributed by atoms with Crippen LogP contribution >= 0.6 is 0 Å². The maximum atomic E-state index is 10.4. The fourth-order valence-electron chi connectivity index (χ4n) is 3.11. The third-order valence-electron chi connectivity index (χ3n) is 4.23. The number of phenolic OH excluding ortho intramolecular Hbond substituents is 2. The quantitative estimate of drug-likeness (QED) is 0.647. The van der Waals surface area contributed by atoms with Crippen LogP contribution < -0.4 is 0 Å². The minimum Gasteiger partial charge on any atom is -0.508 e. The van der Waals surface area contributed by atoms with Crippen LogP contribution in [0, 0.1) is 0 Å². The summed E-state index contributed by atoms with van der Waals surface area (Å²) in [5.74, 6) is 0.155. The van der Waals surface area contributed by atoms with E-state index in [4.69, 9.17) is 0 Å². The van der Waals surface area contributed by atoms with E-state index in [0.717, 1.165) is 5.56 Å². The van der Waals surface area contributed by atoms with E-state index in [1.807, 2.05) is 42.5 Å². The van der Waals surface area contributed by atoms with Crippen molar-refractivity contribution in [3.8, 4) is 11.5 Å². The number of rotatable bonds is 4. The highest BCUT2D eigenvalue weighted by Gasteiger charge is 2.39. The maximum Gasteiger partial charge on any atom is 0.120 e. The summed E-state index contributed by atoms with van der Waals surface area (Å²) in [5.41, 5.74) is 0.855. The predicted molar refractivity (Wildman–Crippen MR) is 89.6 cm³/mol. The van der Waals surface area contributed by atoms with Crippen molar-refractivity contribution >= 4 is 0 Å². The van der Waals surface area contributed by atoms with E-state index in [0.29, 0.717) is 11.1 Å². The molecule has 0 spiro atoms. The average molecular weight is 306 g/mol. The number of aromatic hydroxyl groups is 2. The molecule has 3 heteroatoms. The first kappa shape index (κ1) is 15.1. The second-order valence-electron chi connectivity index (χ2n) is 5.46. The van der Waals surface area contributed by atoms with Gasteiger partial charge in [0, 0.05) is 11.1 Å². The molecule has 3 aromatic rings. The predicted octanol–water partition coefficient (Wildman–Crippen LogP) is 3.42. The van der Waals surface area contributed by atoms with Gasteiger partial charge in [0.25, 0.3) is 0 Å². The standard InChI is InChI=1S/C20H18O3/c21-14-20(15-8-2-1-3-9-15,16-10-4-6-12-18(16)22)17-11-5-7-13-19(17)23/h1-13,21-23H,14H2. The van der Waals surface area contributed by atoms with Gasteiger partial charge in [-0.3, -0.25) is 0 Å². The first-order chi connectivity index (χ1) is 11.2. The van der Waals surface area contributed by atoms with Crippen molar-refractivity contribution in [2.45, 2.75) is 5.41 Å². The fraction of sp³-hybridized carbons (Fsp3) is 0.100. The third kappa shape index (κ3) is 2.45. The van der Waals surface area contributed by atoms with Gasteiger partial charge in [0.2, 0.25) is 0 Å². The maximum absolute atomic E-state index is 10.4. The molecule has 3 aromatic carbocycles. The van der Waals surface area contributed by atoms with Gasteiger partial charge >= 0.3 is 0 Å². The van der Waals surface area contributed by atoms with Crippen LogP contribution in [0.25, 0.3) is 0 Å². The van der Waals surface area contributed by atoms with Crippen LogP contribution in [0.1, 0.15) is 16.7 Å². The van der Waals surface area contributed by atoms with Crippen molar-refractivity contribution < 1.29 is 15.3 Å². The van der Waals surface area contributed by atoms with Gasteiger partial charge in [-0.15, -0.1) is 0 Å². The van der Waals surface area contributed by atoms with Crippen LogP contribution in [-0.2, 0) is 5.41 Å². The Balaban J connectivity index is 2.39. The van der Waals surface area contributed by atoms with Crippen LogP contribution in [0.4, 0.5) is 0 Å². The van der Waals surface area contributed by atoms with E-state index in [1.165, 1.54) is 0 Å². The Bertz CT molecular complexity index is 751. The lowest BCUT2D eigenvalue weighted by molar-refractivity contribution is 0.237. The highest BCUT2D eigenvalue weighted by atomic mass is 16.3. The second-order valence-corrected chi connectivity index (χ2v) is 5.46. The van der Waals surface area contributed by atoms with E-state index < -0.39 is 5.41 Å². The molecule has 0 radical (unpaired) electrons. The SMILES string of the molecule is OCC(c1ccccc1)(c1ccccc1O)c1ccccc1O. The van der Waals surface area contributed by atoms with Crippen LogP contribution in [-0.4, -0.2) is 21.9 Å². The summed E-state index contributed by atoms with van der Waals surface area (Å²) < 4.78 is 0. The van der Waals surface area contributed by atoms with Crippen molar-refractivity contribution in [3.05, 3.63) is 95.6 Å². The Morgan fingerprint density at radius 3 is 1.48 bits per heavy atom. The summed E-state index contributed by atoms with van der Waals surface area (Å²) in [7, 11) is 0. The molecule has 0 fully saturated rings. The van der Waals surface area contributed by atoms with Crippen molar-refractivity contribution in [3.63, 3.8) is 0 Å². The molecule has 0 unspecified atom stereocenters.